The lowest BCUT2D eigenvalue weighted by Crippen LogP contribution is -2.36. The van der Waals surface area contributed by atoms with E-state index in [2.05, 4.69) is 5.32 Å². The quantitative estimate of drug-likeness (QED) is 0.737. The summed E-state index contributed by atoms with van der Waals surface area (Å²) < 4.78 is 24.1. The van der Waals surface area contributed by atoms with Crippen molar-refractivity contribution in [1.82, 2.24) is 9.62 Å². The molecule has 1 amide bonds. The number of nitrogens with one attached hydrogen (secondary N) is 1. The van der Waals surface area contributed by atoms with Gasteiger partial charge in [0.1, 0.15) is 0 Å². The fourth-order valence-electron chi connectivity index (χ4n) is 2.47. The van der Waals surface area contributed by atoms with Crippen LogP contribution in [0.25, 0.3) is 0 Å². The molecule has 2 aliphatic heterocycles. The van der Waals surface area contributed by atoms with Crippen LogP contribution in [0.1, 0.15) is 13.8 Å². The lowest BCUT2D eigenvalue weighted by atomic mass is 9.90. The van der Waals surface area contributed by atoms with E-state index in [4.69, 9.17) is 0 Å². The number of carbonyl (C=O) groups excluding carboxylic acids is 1. The Balaban J connectivity index is 2.47. The second-order valence-electron chi connectivity index (χ2n) is 4.65. The summed E-state index contributed by atoms with van der Waals surface area (Å²) >= 11 is 0. The van der Waals surface area contributed by atoms with Crippen LogP contribution in [-0.2, 0) is 14.8 Å². The van der Waals surface area contributed by atoms with Crippen LogP contribution in [0.15, 0.2) is 11.8 Å². The van der Waals surface area contributed by atoms with Crippen LogP contribution >= 0.6 is 0 Å². The molecule has 2 atom stereocenters. The zero-order valence-corrected chi connectivity index (χ0v) is 10.4. The third-order valence-electron chi connectivity index (χ3n) is 3.10. The molecule has 90 valence electrons. The fraction of sp³-hybridized carbons (Fsp3) is 0.700. The molecule has 0 bridgehead atoms. The van der Waals surface area contributed by atoms with Gasteiger partial charge in [-0.2, -0.15) is 0 Å². The Morgan fingerprint density at radius 3 is 2.62 bits per heavy atom. The third kappa shape index (κ3) is 1.56. The average molecular weight is 244 g/mol. The molecule has 1 fully saturated rings. The lowest BCUT2D eigenvalue weighted by molar-refractivity contribution is -0.127. The molecule has 0 unspecified atom stereocenters. The van der Waals surface area contributed by atoms with E-state index in [1.165, 1.54) is 0 Å². The molecule has 2 aliphatic rings. The number of hydrogen-bond acceptors (Lipinski definition) is 4. The summed E-state index contributed by atoms with van der Waals surface area (Å²) in [7, 11) is -3.50. The van der Waals surface area contributed by atoms with Crippen LogP contribution in [0.4, 0.5) is 0 Å². The summed E-state index contributed by atoms with van der Waals surface area (Å²) in [6, 6.07) is -0.137. The molecule has 0 spiro atoms. The topological polar surface area (TPSA) is 66.5 Å². The molecule has 0 radical (unpaired) electrons. The Bertz CT molecular complexity index is 453. The van der Waals surface area contributed by atoms with Crippen LogP contribution in [0, 0.1) is 11.8 Å². The van der Waals surface area contributed by atoms with Gasteiger partial charge in [0.25, 0.3) is 0 Å². The van der Waals surface area contributed by atoms with Gasteiger partial charge in [-0.1, -0.05) is 13.8 Å². The van der Waals surface area contributed by atoms with Crippen LogP contribution in [-0.4, -0.2) is 37.5 Å². The third-order valence-corrected chi connectivity index (χ3v) is 4.15. The van der Waals surface area contributed by atoms with Gasteiger partial charge in [0.2, 0.25) is 15.9 Å². The number of nitrogens with zero attached hydrogens (tertiary/aromatic N) is 1. The highest BCUT2D eigenvalue weighted by Crippen LogP contribution is 2.36. The molecule has 5 nitrogen and oxygen atoms in total. The maximum atomic E-state index is 12.1. The molecule has 2 rings (SSSR count). The van der Waals surface area contributed by atoms with E-state index in [0.29, 0.717) is 12.2 Å². The highest BCUT2D eigenvalue weighted by Gasteiger charge is 2.50. The largest absolute Gasteiger partial charge is 0.304 e. The smallest absolute Gasteiger partial charge is 0.245 e. The van der Waals surface area contributed by atoms with Crippen LogP contribution < -0.4 is 5.32 Å². The Kier molecular flexibility index (Phi) is 2.58. The molecule has 6 heteroatoms. The molecular weight excluding hydrogens is 228 g/mol. The number of hydrogen-bond donors (Lipinski definition) is 1. The monoisotopic (exact) mass is 244 g/mol. The van der Waals surface area contributed by atoms with E-state index in [0.717, 1.165) is 10.6 Å². The number of rotatable bonds is 2. The molecule has 0 aromatic heterocycles. The Hall–Kier alpha value is -0.880. The molecule has 1 N–H and O–H groups in total. The van der Waals surface area contributed by atoms with E-state index in [1.807, 2.05) is 13.8 Å². The van der Waals surface area contributed by atoms with Crippen molar-refractivity contribution in [3.8, 4) is 0 Å². The highest BCUT2D eigenvalue weighted by atomic mass is 32.2. The minimum Gasteiger partial charge on any atom is -0.304 e. The summed E-state index contributed by atoms with van der Waals surface area (Å²) in [5.41, 5.74) is 0.603. The first-order valence-corrected chi connectivity index (χ1v) is 7.16. The van der Waals surface area contributed by atoms with Crippen molar-refractivity contribution in [2.24, 2.45) is 11.8 Å². The lowest BCUT2D eigenvalue weighted by Gasteiger charge is -2.18. The zero-order valence-electron chi connectivity index (χ0n) is 9.60. The second kappa shape index (κ2) is 3.56. The van der Waals surface area contributed by atoms with Gasteiger partial charge in [-0.05, 0) is 12.0 Å². The molecule has 0 aliphatic carbocycles. The summed E-state index contributed by atoms with van der Waals surface area (Å²) in [6.07, 6.45) is 2.86. The van der Waals surface area contributed by atoms with E-state index < -0.39 is 10.0 Å². The zero-order chi connectivity index (χ0) is 12.1. The Morgan fingerprint density at radius 2 is 2.12 bits per heavy atom. The molecule has 16 heavy (non-hydrogen) atoms. The summed E-state index contributed by atoms with van der Waals surface area (Å²) in [4.78, 5) is 12.1. The van der Waals surface area contributed by atoms with E-state index in [-0.39, 0.29) is 23.8 Å². The first-order chi connectivity index (χ1) is 7.34. The molecule has 0 aromatic rings. The van der Waals surface area contributed by atoms with Gasteiger partial charge in [-0.15, -0.1) is 0 Å². The molecular formula is C10H16N2O3S. The number of fused-ring (bicyclic) bond motifs is 1. The van der Waals surface area contributed by atoms with Gasteiger partial charge in [-0.25, -0.2) is 12.7 Å². The number of carbonyl (C=O) groups is 1. The normalized spacial score (nSPS) is 29.9. The van der Waals surface area contributed by atoms with Crippen LogP contribution in [0.3, 0.4) is 0 Å². The minimum absolute atomic E-state index is 0.123. The minimum atomic E-state index is -3.50. The van der Waals surface area contributed by atoms with Crippen molar-refractivity contribution in [1.29, 1.82) is 0 Å². The van der Waals surface area contributed by atoms with Gasteiger partial charge < -0.3 is 5.32 Å². The average Bonchev–Trinajstić information content (AvgIpc) is 2.58. The fourth-order valence-corrected chi connectivity index (χ4v) is 3.49. The standard InChI is InChI=1S/C10H16N2O3S/c1-6(2)8-9-7(4-5-11-9)12(10(8)13)16(3,14)15/h4,6,8-9,11H,5H2,1-3H3/t8-,9+/m1/s1. The van der Waals surface area contributed by atoms with Gasteiger partial charge in [-0.3, -0.25) is 4.79 Å². The maximum Gasteiger partial charge on any atom is 0.245 e. The van der Waals surface area contributed by atoms with Crippen molar-refractivity contribution in [2.45, 2.75) is 19.9 Å². The van der Waals surface area contributed by atoms with Gasteiger partial charge in [0.15, 0.2) is 0 Å². The van der Waals surface area contributed by atoms with E-state index in [9.17, 15) is 13.2 Å². The van der Waals surface area contributed by atoms with Gasteiger partial charge in [0, 0.05) is 6.54 Å². The van der Waals surface area contributed by atoms with Gasteiger partial charge in [0.05, 0.1) is 23.9 Å². The van der Waals surface area contributed by atoms with Crippen LogP contribution in [0.2, 0.25) is 0 Å². The first-order valence-electron chi connectivity index (χ1n) is 5.31. The van der Waals surface area contributed by atoms with E-state index in [1.54, 1.807) is 6.08 Å². The van der Waals surface area contributed by atoms with Crippen molar-refractivity contribution in [3.63, 3.8) is 0 Å². The predicted octanol–water partition coefficient (Wildman–Crippen LogP) is -0.0839. The number of sulfonamides is 1. The molecule has 0 aromatic carbocycles. The van der Waals surface area contributed by atoms with E-state index >= 15 is 0 Å². The summed E-state index contributed by atoms with van der Waals surface area (Å²) in [6.45, 7) is 4.50. The van der Waals surface area contributed by atoms with Crippen molar-refractivity contribution >= 4 is 15.9 Å². The van der Waals surface area contributed by atoms with Crippen molar-refractivity contribution in [3.05, 3.63) is 11.8 Å². The van der Waals surface area contributed by atoms with Gasteiger partial charge >= 0.3 is 0 Å². The first kappa shape index (κ1) is 11.6. The summed E-state index contributed by atoms with van der Waals surface area (Å²) in [5.74, 6) is -0.456. The Morgan fingerprint density at radius 1 is 1.50 bits per heavy atom. The summed E-state index contributed by atoms with van der Waals surface area (Å²) in [5, 5.41) is 3.16. The molecule has 0 saturated carbocycles. The molecule has 1 saturated heterocycles. The SMILES string of the molecule is CC(C)[C@H]1C(=O)N(S(C)(=O)=O)C2=CCN[C@@H]21. The second-order valence-corrected chi connectivity index (χ2v) is 6.48. The maximum absolute atomic E-state index is 12.1. The van der Waals surface area contributed by atoms with Crippen molar-refractivity contribution < 1.29 is 13.2 Å². The molecule has 2 heterocycles. The number of amides is 1. The van der Waals surface area contributed by atoms with Crippen molar-refractivity contribution in [2.75, 3.05) is 12.8 Å². The predicted molar refractivity (Wildman–Crippen MR) is 59.9 cm³/mol. The Labute approximate surface area is 95.6 Å². The highest BCUT2D eigenvalue weighted by molar-refractivity contribution is 7.89. The van der Waals surface area contributed by atoms with Crippen LogP contribution in [0.5, 0.6) is 0 Å².